The van der Waals surface area contributed by atoms with E-state index in [0.717, 1.165) is 32.6 Å². The van der Waals surface area contributed by atoms with Crippen molar-refractivity contribution in [1.29, 1.82) is 0 Å². The second-order valence-corrected chi connectivity index (χ2v) is 6.10. The minimum atomic E-state index is -0.461. The maximum absolute atomic E-state index is 13.2. The number of halogens is 2. The summed E-state index contributed by atoms with van der Waals surface area (Å²) in [4.78, 5) is 8.38. The first-order valence-corrected chi connectivity index (χ1v) is 8.57. The van der Waals surface area contributed by atoms with E-state index in [2.05, 4.69) is 20.6 Å². The van der Waals surface area contributed by atoms with Gasteiger partial charge >= 0.3 is 6.01 Å². The number of nitrogens with zero attached hydrogens (tertiary/aromatic N) is 2. The molecule has 1 aliphatic rings. The molecular formula is C17H20ClFN4O2. The Morgan fingerprint density at radius 1 is 1.40 bits per heavy atom. The van der Waals surface area contributed by atoms with Crippen LogP contribution in [-0.2, 0) is 4.74 Å². The van der Waals surface area contributed by atoms with Gasteiger partial charge in [0, 0.05) is 24.5 Å². The van der Waals surface area contributed by atoms with Crippen molar-refractivity contribution < 1.29 is 13.9 Å². The smallest absolute Gasteiger partial charge is 0.318 e. The first kappa shape index (κ1) is 17.8. The molecule has 2 aromatic rings. The Hall–Kier alpha value is -1.96. The number of ether oxygens (including phenoxy) is 2. The number of anilines is 2. The normalized spacial score (nSPS) is 17.3. The van der Waals surface area contributed by atoms with Crippen molar-refractivity contribution in [2.24, 2.45) is 0 Å². The standard InChI is InChI=1S/C17H20ClFN4O2/c18-14-10-12(3-4-15(14)19)22-16-5-6-21-17(23-16)25-8-1-2-13-11-24-9-7-20-13/h3-6,10,13,20H,1-2,7-9,11H2,(H,21,22,23). The monoisotopic (exact) mass is 366 g/mol. The van der Waals surface area contributed by atoms with Gasteiger partial charge in [-0.05, 0) is 37.1 Å². The Balaban J connectivity index is 1.48. The summed E-state index contributed by atoms with van der Waals surface area (Å²) in [7, 11) is 0. The molecule has 0 saturated carbocycles. The molecule has 3 rings (SSSR count). The molecule has 1 unspecified atom stereocenters. The summed E-state index contributed by atoms with van der Waals surface area (Å²) in [6, 6.07) is 6.77. The SMILES string of the molecule is Fc1ccc(Nc2ccnc(OCCCC3COCCN3)n2)cc1Cl. The van der Waals surface area contributed by atoms with Gasteiger partial charge in [-0.3, -0.25) is 0 Å². The van der Waals surface area contributed by atoms with E-state index in [1.54, 1.807) is 18.3 Å². The van der Waals surface area contributed by atoms with Gasteiger partial charge in [0.05, 0.1) is 24.8 Å². The lowest BCUT2D eigenvalue weighted by molar-refractivity contribution is 0.0720. The molecule has 0 radical (unpaired) electrons. The van der Waals surface area contributed by atoms with Crippen LogP contribution in [0.1, 0.15) is 12.8 Å². The zero-order valence-electron chi connectivity index (χ0n) is 13.7. The molecule has 25 heavy (non-hydrogen) atoms. The van der Waals surface area contributed by atoms with Crippen molar-refractivity contribution in [1.82, 2.24) is 15.3 Å². The molecule has 1 aromatic heterocycles. The van der Waals surface area contributed by atoms with Crippen LogP contribution in [0.4, 0.5) is 15.9 Å². The molecule has 1 saturated heterocycles. The van der Waals surface area contributed by atoms with Crippen molar-refractivity contribution in [3.05, 3.63) is 41.3 Å². The predicted octanol–water partition coefficient (Wildman–Crippen LogP) is 3.16. The fourth-order valence-electron chi connectivity index (χ4n) is 2.50. The summed E-state index contributed by atoms with van der Waals surface area (Å²) in [5, 5.41) is 6.50. The van der Waals surface area contributed by atoms with E-state index in [1.807, 2.05) is 0 Å². The zero-order chi connectivity index (χ0) is 17.5. The van der Waals surface area contributed by atoms with Crippen LogP contribution < -0.4 is 15.4 Å². The Bertz CT molecular complexity index is 698. The van der Waals surface area contributed by atoms with Gasteiger partial charge < -0.3 is 20.1 Å². The number of hydrogen-bond acceptors (Lipinski definition) is 6. The highest BCUT2D eigenvalue weighted by Crippen LogP contribution is 2.22. The molecule has 8 heteroatoms. The predicted molar refractivity (Wildman–Crippen MR) is 94.1 cm³/mol. The lowest BCUT2D eigenvalue weighted by Crippen LogP contribution is -2.41. The topological polar surface area (TPSA) is 68.3 Å². The number of aromatic nitrogens is 2. The first-order valence-electron chi connectivity index (χ1n) is 8.20. The van der Waals surface area contributed by atoms with Crippen LogP contribution in [0.2, 0.25) is 5.02 Å². The average molecular weight is 367 g/mol. The third-order valence-corrected chi connectivity index (χ3v) is 4.04. The van der Waals surface area contributed by atoms with Gasteiger partial charge in [0.15, 0.2) is 0 Å². The van der Waals surface area contributed by atoms with Crippen molar-refractivity contribution in [2.75, 3.05) is 31.7 Å². The first-order chi connectivity index (χ1) is 12.2. The Kier molecular flexibility index (Phi) is 6.38. The summed E-state index contributed by atoms with van der Waals surface area (Å²) >= 11 is 5.77. The van der Waals surface area contributed by atoms with Gasteiger partial charge in [-0.1, -0.05) is 11.6 Å². The van der Waals surface area contributed by atoms with Crippen molar-refractivity contribution in [3.8, 4) is 6.01 Å². The summed E-state index contributed by atoms with van der Waals surface area (Å²) < 4.78 is 24.2. The summed E-state index contributed by atoms with van der Waals surface area (Å²) in [6.07, 6.45) is 3.47. The van der Waals surface area contributed by atoms with E-state index in [0.29, 0.717) is 30.2 Å². The molecule has 6 nitrogen and oxygen atoms in total. The van der Waals surface area contributed by atoms with Crippen molar-refractivity contribution >= 4 is 23.1 Å². The number of hydrogen-bond donors (Lipinski definition) is 2. The van der Waals surface area contributed by atoms with E-state index in [4.69, 9.17) is 21.1 Å². The van der Waals surface area contributed by atoms with Gasteiger partial charge in [-0.25, -0.2) is 9.37 Å². The van der Waals surface area contributed by atoms with Gasteiger partial charge in [0.1, 0.15) is 11.6 Å². The minimum absolute atomic E-state index is 0.0517. The third-order valence-electron chi connectivity index (χ3n) is 3.75. The van der Waals surface area contributed by atoms with Crippen molar-refractivity contribution in [3.63, 3.8) is 0 Å². The molecular weight excluding hydrogens is 347 g/mol. The van der Waals surface area contributed by atoms with E-state index < -0.39 is 5.82 Å². The second-order valence-electron chi connectivity index (χ2n) is 5.69. The number of morpholine rings is 1. The fourth-order valence-corrected chi connectivity index (χ4v) is 2.68. The van der Waals surface area contributed by atoms with E-state index in [1.165, 1.54) is 12.1 Å². The lowest BCUT2D eigenvalue weighted by atomic mass is 10.1. The van der Waals surface area contributed by atoms with E-state index in [-0.39, 0.29) is 5.02 Å². The Morgan fingerprint density at radius 2 is 2.32 bits per heavy atom. The number of rotatable bonds is 7. The number of nitrogens with one attached hydrogen (secondary N) is 2. The molecule has 0 amide bonds. The summed E-state index contributed by atoms with van der Waals surface area (Å²) in [5.74, 6) is 0.0896. The van der Waals surface area contributed by atoms with Crippen LogP contribution >= 0.6 is 11.6 Å². The van der Waals surface area contributed by atoms with Crippen LogP contribution in [-0.4, -0.2) is 42.4 Å². The van der Waals surface area contributed by atoms with Crippen molar-refractivity contribution in [2.45, 2.75) is 18.9 Å². The second kappa shape index (κ2) is 8.94. The highest BCUT2D eigenvalue weighted by Gasteiger charge is 2.12. The molecule has 1 fully saturated rings. The van der Waals surface area contributed by atoms with E-state index in [9.17, 15) is 4.39 Å². The lowest BCUT2D eigenvalue weighted by Gasteiger charge is -2.23. The molecule has 1 atom stereocenters. The highest BCUT2D eigenvalue weighted by atomic mass is 35.5. The molecule has 0 aliphatic carbocycles. The Morgan fingerprint density at radius 3 is 3.12 bits per heavy atom. The quantitative estimate of drug-likeness (QED) is 0.734. The molecule has 0 spiro atoms. The maximum atomic E-state index is 13.2. The summed E-state index contributed by atoms with van der Waals surface area (Å²) in [5.41, 5.74) is 0.638. The molecule has 2 N–H and O–H groups in total. The molecule has 0 bridgehead atoms. The van der Waals surface area contributed by atoms with Gasteiger partial charge in [-0.2, -0.15) is 4.98 Å². The highest BCUT2D eigenvalue weighted by molar-refractivity contribution is 6.31. The summed E-state index contributed by atoms with van der Waals surface area (Å²) in [6.45, 7) is 2.95. The third kappa shape index (κ3) is 5.52. The van der Waals surface area contributed by atoms with Gasteiger partial charge in [0.25, 0.3) is 0 Å². The van der Waals surface area contributed by atoms with Crippen LogP contribution in [0.3, 0.4) is 0 Å². The van der Waals surface area contributed by atoms with Crippen LogP contribution in [0.5, 0.6) is 6.01 Å². The average Bonchev–Trinajstić information content (AvgIpc) is 2.63. The molecule has 1 aromatic carbocycles. The largest absolute Gasteiger partial charge is 0.463 e. The molecule has 134 valence electrons. The molecule has 1 aliphatic heterocycles. The van der Waals surface area contributed by atoms with Crippen LogP contribution in [0.15, 0.2) is 30.5 Å². The Labute approximate surface area is 150 Å². The zero-order valence-corrected chi connectivity index (χ0v) is 14.4. The molecule has 2 heterocycles. The minimum Gasteiger partial charge on any atom is -0.463 e. The van der Waals surface area contributed by atoms with Crippen LogP contribution in [0, 0.1) is 5.82 Å². The van der Waals surface area contributed by atoms with Gasteiger partial charge in [-0.15, -0.1) is 0 Å². The van der Waals surface area contributed by atoms with Gasteiger partial charge in [0.2, 0.25) is 0 Å². The van der Waals surface area contributed by atoms with E-state index >= 15 is 0 Å². The maximum Gasteiger partial charge on any atom is 0.318 e. The van der Waals surface area contributed by atoms with Crippen LogP contribution in [0.25, 0.3) is 0 Å². The number of benzene rings is 1. The fraction of sp³-hybridized carbons (Fsp3) is 0.412.